The van der Waals surface area contributed by atoms with E-state index in [0.717, 1.165) is 7.17 Å². The van der Waals surface area contributed by atoms with Crippen LogP contribution in [0.3, 0.4) is 0 Å². The highest BCUT2D eigenvalue weighted by atomic mass is 14.3. The van der Waals surface area contributed by atoms with Crippen LogP contribution >= 0.6 is 0 Å². The molecule has 6 aromatic rings. The molecule has 6 aromatic carbocycles. The van der Waals surface area contributed by atoms with Crippen LogP contribution in [0.25, 0.3) is 54.6 Å². The van der Waals surface area contributed by atoms with E-state index >= 15 is 0 Å². The average Bonchev–Trinajstić information content (AvgIpc) is 3.24. The first-order valence-electron chi connectivity index (χ1n) is 25.4. The lowest BCUT2D eigenvalue weighted by molar-refractivity contribution is 1.17. The second kappa shape index (κ2) is 18.4. The molecule has 64 heavy (non-hydrogen) atoms. The Kier molecular flexibility index (Phi) is 14.6. The summed E-state index contributed by atoms with van der Waals surface area (Å²) in [5.41, 5.74) is 35.4. The molecule has 306 valence electrons. The summed E-state index contributed by atoms with van der Waals surface area (Å²) in [6.45, 7) is 37.5. The zero-order valence-electron chi connectivity index (χ0n) is 45.9. The van der Waals surface area contributed by atoms with Gasteiger partial charge >= 0.3 is 0 Å². The van der Waals surface area contributed by atoms with Gasteiger partial charge in [-0.1, -0.05) is 33.0 Å². The van der Waals surface area contributed by atoms with E-state index in [9.17, 15) is 0 Å². The number of hydrogen-bond donors (Lipinski definition) is 0. The van der Waals surface area contributed by atoms with Crippen molar-refractivity contribution >= 4 is 198 Å². The molecule has 0 saturated carbocycles. The Labute approximate surface area is 404 Å². The largest absolute Gasteiger partial charge is 0.139 e. The summed E-state index contributed by atoms with van der Waals surface area (Å²) in [5.74, 6) is 0. The van der Waals surface area contributed by atoms with Gasteiger partial charge in [0.2, 0.25) is 0 Å². The Hall–Kier alpha value is -2.67. The fraction of sp³-hybridized carbons (Fsp3) is 0.333. The van der Waals surface area contributed by atoms with Crippen LogP contribution < -0.4 is 27.3 Å². The van der Waals surface area contributed by atoms with Crippen molar-refractivity contribution in [2.24, 2.45) is 0 Å². The van der Waals surface area contributed by atoms with Crippen molar-refractivity contribution in [3.8, 4) is 22.3 Å². The second-order valence-electron chi connectivity index (χ2n) is 22.2. The molecular weight excluding hydrogens is 746 g/mol. The molecule has 6 rings (SSSR count). The number of rotatable bonds is 10. The molecule has 0 saturated heterocycles. The molecule has 0 amide bonds. The molecule has 0 N–H and O–H groups in total. The van der Waals surface area contributed by atoms with Gasteiger partial charge in [-0.15, -0.1) is 5.46 Å². The van der Waals surface area contributed by atoms with Crippen LogP contribution in [-0.2, 0) is 0 Å². The Morgan fingerprint density at radius 2 is 0.750 bits per heavy atom. The van der Waals surface area contributed by atoms with Crippen LogP contribution in [0.1, 0.15) is 83.5 Å². The Morgan fingerprint density at radius 1 is 0.344 bits per heavy atom. The van der Waals surface area contributed by atoms with Crippen LogP contribution in [0.4, 0.5) is 0 Å². The van der Waals surface area contributed by atoms with Crippen LogP contribution in [-0.4, -0.2) is 138 Å². The second-order valence-corrected chi connectivity index (χ2v) is 22.2. The maximum atomic E-state index is 2.54. The third kappa shape index (κ3) is 7.39. The van der Waals surface area contributed by atoms with Gasteiger partial charge in [0.1, 0.15) is 21.5 Å². The van der Waals surface area contributed by atoms with Crippen molar-refractivity contribution in [2.75, 3.05) is 0 Å². The molecule has 0 radical (unpaired) electrons. The van der Waals surface area contributed by atoms with Crippen LogP contribution in [0.2, 0.25) is 0 Å². The molecular formula is C45H69B19. The van der Waals surface area contributed by atoms with Gasteiger partial charge in [-0.05, 0) is 231 Å². The molecule has 0 aliphatic heterocycles. The molecule has 0 nitrogen and oxygen atoms in total. The van der Waals surface area contributed by atoms with Gasteiger partial charge in [0, 0.05) is 26.2 Å². The fourth-order valence-corrected chi connectivity index (χ4v) is 13.2. The van der Waals surface area contributed by atoms with Gasteiger partial charge in [0.05, 0.1) is 90.4 Å². The number of hydrogen-bond acceptors (Lipinski definition) is 0. The average molecular weight is 815 g/mol. The van der Waals surface area contributed by atoms with Gasteiger partial charge in [-0.25, -0.2) is 0 Å². The quantitative estimate of drug-likeness (QED) is 0.0966. The first kappa shape index (κ1) is 50.7. The van der Waals surface area contributed by atoms with E-state index in [2.05, 4.69) is 189 Å². The summed E-state index contributed by atoms with van der Waals surface area (Å²) in [5, 5.41) is 9.01. The molecule has 0 aliphatic carbocycles. The minimum Gasteiger partial charge on any atom is -0.105 e. The van der Waals surface area contributed by atoms with Gasteiger partial charge in [-0.3, -0.25) is 0 Å². The lowest BCUT2D eigenvalue weighted by atomic mass is 8.68. The SMILES string of the molecule is BBB(B)B(B(B)B)c1c(C)c(C)c(B(B)B(B)B)c2c(-c3c4c(C)c(C)c(C)c(C)c4c(C)c4c(-c5c(C)c(C)c(C)c(C)c5C)c(C)c(C)c(C)c34)c(B(B)B)c(BB)c(B)c12. The molecule has 0 heterocycles. The smallest absolute Gasteiger partial charge is 0.105 e. The fourth-order valence-electron chi connectivity index (χ4n) is 13.2. The van der Waals surface area contributed by atoms with E-state index in [-0.39, 0.29) is 0 Å². The zero-order valence-corrected chi connectivity index (χ0v) is 45.9. The number of benzene rings is 6. The van der Waals surface area contributed by atoms with Crippen LogP contribution in [0.5, 0.6) is 0 Å². The maximum absolute atomic E-state index is 2.54. The number of fused-ring (bicyclic) bond motifs is 3. The summed E-state index contributed by atoms with van der Waals surface area (Å²) < 4.78 is 0. The third-order valence-electron chi connectivity index (χ3n) is 18.3. The summed E-state index contributed by atoms with van der Waals surface area (Å²) in [7, 11) is 29.5. The third-order valence-corrected chi connectivity index (χ3v) is 18.3. The topological polar surface area (TPSA) is 0 Å². The summed E-state index contributed by atoms with van der Waals surface area (Å²) in [6.07, 6.45) is 1.57. The molecule has 19 heteroatoms. The van der Waals surface area contributed by atoms with E-state index in [1.165, 1.54) is 140 Å². The van der Waals surface area contributed by atoms with Gasteiger partial charge in [0.25, 0.3) is 0 Å². The van der Waals surface area contributed by atoms with Gasteiger partial charge in [0.15, 0.2) is 0 Å². The minimum absolute atomic E-state index is 0.327. The van der Waals surface area contributed by atoms with Crippen LogP contribution in [0.15, 0.2) is 0 Å². The summed E-state index contributed by atoms with van der Waals surface area (Å²) in [6, 6.07) is 0. The van der Waals surface area contributed by atoms with E-state index in [1.54, 1.807) is 32.6 Å². The number of aryl methyl sites for hydroxylation is 4. The molecule has 0 bridgehead atoms. The molecule has 0 aliphatic rings. The van der Waals surface area contributed by atoms with Gasteiger partial charge < -0.3 is 0 Å². The monoisotopic (exact) mass is 819 g/mol. The summed E-state index contributed by atoms with van der Waals surface area (Å²) in [4.78, 5) is 0. The van der Waals surface area contributed by atoms with E-state index in [1.807, 2.05) is 0 Å². The maximum Gasteiger partial charge on any atom is 0.139 e. The molecule has 0 unspecified atom stereocenters. The standard InChI is InChI=1S/C45H69B19/c1-16-17(2)22(7)31(23(8)18(16)3)33-26(11)21(6)27(12)35-36(33)30(15)32-24(9)19(4)20(5)25(10)34(32)37(35)38-39-40(41(46)42(57-47)45(38)59(49)50)44(61(63(54)55)64(56)58-48)29(14)28(13)43(39)60(51)62(52)53/h57-58H,46-56H2,1-15H3. The highest BCUT2D eigenvalue weighted by Crippen LogP contribution is 2.51. The van der Waals surface area contributed by atoms with E-state index in [0.29, 0.717) is 38.6 Å². The Bertz CT molecular complexity index is 2920. The first-order valence-corrected chi connectivity index (χ1v) is 25.4. The highest BCUT2D eigenvalue weighted by molar-refractivity contribution is 7.87. The van der Waals surface area contributed by atoms with E-state index < -0.39 is 0 Å². The molecule has 0 spiro atoms. The van der Waals surface area contributed by atoms with Crippen molar-refractivity contribution in [3.05, 3.63) is 83.5 Å². The predicted molar refractivity (Wildman–Crippen MR) is 342 cm³/mol. The first-order chi connectivity index (χ1) is 29.8. The predicted octanol–water partition coefficient (Wildman–Crippen LogP) is -4.68. The minimum atomic E-state index is 0.327. The van der Waals surface area contributed by atoms with Crippen molar-refractivity contribution < 1.29 is 0 Å². The van der Waals surface area contributed by atoms with Crippen molar-refractivity contribution in [2.45, 2.75) is 104 Å². The molecule has 0 fully saturated rings. The highest BCUT2D eigenvalue weighted by Gasteiger charge is 2.37. The van der Waals surface area contributed by atoms with Crippen molar-refractivity contribution in [1.82, 2.24) is 0 Å². The normalized spacial score (nSPS) is 11.4. The van der Waals surface area contributed by atoms with Crippen molar-refractivity contribution in [1.29, 1.82) is 0 Å². The molecule has 0 aromatic heterocycles. The molecule has 0 atom stereocenters. The zero-order chi connectivity index (χ0) is 48.2. The van der Waals surface area contributed by atoms with Crippen molar-refractivity contribution in [3.63, 3.8) is 0 Å². The Balaban J connectivity index is 2.22. The lowest BCUT2D eigenvalue weighted by Gasteiger charge is -2.36. The lowest BCUT2D eigenvalue weighted by Crippen LogP contribution is -2.64. The Morgan fingerprint density at radius 3 is 1.20 bits per heavy atom. The van der Waals surface area contributed by atoms with Gasteiger partial charge in [-0.2, -0.15) is 0 Å². The van der Waals surface area contributed by atoms with Crippen LogP contribution in [0, 0.1) is 104 Å². The summed E-state index contributed by atoms with van der Waals surface area (Å²) >= 11 is 0. The van der Waals surface area contributed by atoms with E-state index in [4.69, 9.17) is 0 Å².